The maximum absolute atomic E-state index is 10.6. The molecule has 1 rings (SSSR count). The van der Waals surface area contributed by atoms with Crippen molar-refractivity contribution in [1.82, 2.24) is 0 Å². The molecule has 0 atom stereocenters. The van der Waals surface area contributed by atoms with Gasteiger partial charge < -0.3 is 5.21 Å². The summed E-state index contributed by atoms with van der Waals surface area (Å²) in [4.78, 5) is 21.2. The zero-order chi connectivity index (χ0) is 7.56. The molecule has 1 aliphatic carbocycles. The Morgan fingerprint density at radius 2 is 2.10 bits per heavy atom. The summed E-state index contributed by atoms with van der Waals surface area (Å²) in [6.45, 7) is 0. The SMILES string of the molecule is O=C1C=CC(=O)C(=NO)C1. The van der Waals surface area contributed by atoms with Crippen LogP contribution in [0.5, 0.6) is 0 Å². The lowest BCUT2D eigenvalue weighted by atomic mass is 10.0. The van der Waals surface area contributed by atoms with Gasteiger partial charge in [-0.1, -0.05) is 5.16 Å². The molecule has 0 bridgehead atoms. The number of oxime groups is 1. The number of hydrogen-bond donors (Lipinski definition) is 1. The standard InChI is InChI=1S/C6H5NO3/c8-4-1-2-6(9)5(3-4)7-10/h1-2,10H,3H2. The van der Waals surface area contributed by atoms with Crippen LogP contribution in [0.2, 0.25) is 0 Å². The Morgan fingerprint density at radius 1 is 1.40 bits per heavy atom. The normalized spacial score (nSPS) is 22.2. The zero-order valence-corrected chi connectivity index (χ0v) is 5.07. The van der Waals surface area contributed by atoms with Crippen LogP contribution in [0.1, 0.15) is 6.42 Å². The molecule has 0 heterocycles. The van der Waals surface area contributed by atoms with Crippen LogP contribution in [0.15, 0.2) is 17.3 Å². The molecule has 0 aromatic rings. The van der Waals surface area contributed by atoms with Crippen LogP contribution in [-0.2, 0) is 9.59 Å². The van der Waals surface area contributed by atoms with Gasteiger partial charge in [0.05, 0.1) is 6.42 Å². The predicted molar refractivity (Wildman–Crippen MR) is 33.0 cm³/mol. The average Bonchev–Trinajstić information content (AvgIpc) is 1.94. The molecular formula is C6H5NO3. The second-order valence-electron chi connectivity index (χ2n) is 1.89. The Labute approximate surface area is 56.8 Å². The summed E-state index contributed by atoms with van der Waals surface area (Å²) in [5.41, 5.74) is -0.0903. The van der Waals surface area contributed by atoms with Gasteiger partial charge in [-0.2, -0.15) is 0 Å². The van der Waals surface area contributed by atoms with E-state index in [4.69, 9.17) is 5.21 Å². The fourth-order valence-electron chi connectivity index (χ4n) is 0.661. The summed E-state index contributed by atoms with van der Waals surface area (Å²) >= 11 is 0. The van der Waals surface area contributed by atoms with Crippen molar-refractivity contribution in [3.63, 3.8) is 0 Å². The summed E-state index contributed by atoms with van der Waals surface area (Å²) in [7, 11) is 0. The number of carbonyl (C=O) groups excluding carboxylic acids is 2. The fraction of sp³-hybridized carbons (Fsp3) is 0.167. The molecule has 0 aromatic heterocycles. The number of rotatable bonds is 0. The van der Waals surface area contributed by atoms with Crippen molar-refractivity contribution in [2.45, 2.75) is 6.42 Å². The van der Waals surface area contributed by atoms with E-state index in [-0.39, 0.29) is 17.9 Å². The monoisotopic (exact) mass is 139 g/mol. The molecule has 0 saturated heterocycles. The van der Waals surface area contributed by atoms with Gasteiger partial charge in [0.25, 0.3) is 0 Å². The van der Waals surface area contributed by atoms with E-state index < -0.39 is 5.78 Å². The van der Waals surface area contributed by atoms with Gasteiger partial charge in [-0.3, -0.25) is 9.59 Å². The third kappa shape index (κ3) is 1.10. The fourth-order valence-corrected chi connectivity index (χ4v) is 0.661. The first kappa shape index (κ1) is 6.67. The third-order valence-electron chi connectivity index (χ3n) is 1.17. The Hall–Kier alpha value is -1.45. The molecule has 0 unspecified atom stereocenters. The van der Waals surface area contributed by atoms with Crippen molar-refractivity contribution in [2.24, 2.45) is 5.16 Å². The van der Waals surface area contributed by atoms with E-state index in [1.807, 2.05) is 0 Å². The van der Waals surface area contributed by atoms with E-state index in [1.165, 1.54) is 6.08 Å². The lowest BCUT2D eigenvalue weighted by Crippen LogP contribution is -2.19. The van der Waals surface area contributed by atoms with Gasteiger partial charge in [-0.05, 0) is 12.2 Å². The maximum atomic E-state index is 10.6. The van der Waals surface area contributed by atoms with E-state index in [1.54, 1.807) is 0 Å². The lowest BCUT2D eigenvalue weighted by Gasteiger charge is -2.00. The van der Waals surface area contributed by atoms with Crippen molar-refractivity contribution in [3.8, 4) is 0 Å². The highest BCUT2D eigenvalue weighted by Crippen LogP contribution is 1.99. The summed E-state index contributed by atoms with van der Waals surface area (Å²) < 4.78 is 0. The molecule has 10 heavy (non-hydrogen) atoms. The van der Waals surface area contributed by atoms with Crippen LogP contribution < -0.4 is 0 Å². The van der Waals surface area contributed by atoms with Gasteiger partial charge in [-0.15, -0.1) is 0 Å². The van der Waals surface area contributed by atoms with E-state index in [0.29, 0.717) is 0 Å². The minimum absolute atomic E-state index is 0.0903. The van der Waals surface area contributed by atoms with Gasteiger partial charge >= 0.3 is 0 Å². The molecule has 52 valence electrons. The highest BCUT2D eigenvalue weighted by molar-refractivity contribution is 6.49. The van der Waals surface area contributed by atoms with Gasteiger partial charge in [0, 0.05) is 0 Å². The first-order chi connectivity index (χ1) is 4.74. The average molecular weight is 139 g/mol. The quantitative estimate of drug-likeness (QED) is 0.377. The molecule has 0 fully saturated rings. The molecule has 0 spiro atoms. The summed E-state index contributed by atoms with van der Waals surface area (Å²) in [6, 6.07) is 0. The second kappa shape index (κ2) is 2.43. The van der Waals surface area contributed by atoms with Crippen molar-refractivity contribution in [1.29, 1.82) is 0 Å². The zero-order valence-electron chi connectivity index (χ0n) is 5.07. The molecular weight excluding hydrogens is 134 g/mol. The van der Waals surface area contributed by atoms with Gasteiger partial charge in [0.2, 0.25) is 5.78 Å². The summed E-state index contributed by atoms with van der Waals surface area (Å²) in [5.74, 6) is -0.616. The molecule has 0 saturated carbocycles. The van der Waals surface area contributed by atoms with Crippen LogP contribution in [0.3, 0.4) is 0 Å². The van der Waals surface area contributed by atoms with Crippen LogP contribution in [-0.4, -0.2) is 22.5 Å². The Balaban J connectivity index is 2.92. The Bertz CT molecular complexity index is 239. The van der Waals surface area contributed by atoms with Crippen LogP contribution in [0.25, 0.3) is 0 Å². The first-order valence-electron chi connectivity index (χ1n) is 2.70. The van der Waals surface area contributed by atoms with Crippen molar-refractivity contribution in [2.75, 3.05) is 0 Å². The molecule has 0 radical (unpaired) electrons. The van der Waals surface area contributed by atoms with E-state index >= 15 is 0 Å². The predicted octanol–water partition coefficient (Wildman–Crippen LogP) is -0.0853. The molecule has 0 aromatic carbocycles. The smallest absolute Gasteiger partial charge is 0.203 e. The van der Waals surface area contributed by atoms with Crippen LogP contribution >= 0.6 is 0 Å². The Morgan fingerprint density at radius 3 is 2.60 bits per heavy atom. The molecule has 1 aliphatic rings. The summed E-state index contributed by atoms with van der Waals surface area (Å²) in [5, 5.41) is 10.8. The molecule has 0 aliphatic heterocycles. The molecule has 1 N–H and O–H groups in total. The minimum atomic E-state index is -0.401. The van der Waals surface area contributed by atoms with Gasteiger partial charge in [0.15, 0.2) is 5.78 Å². The Kier molecular flexibility index (Phi) is 1.62. The van der Waals surface area contributed by atoms with Crippen LogP contribution in [0, 0.1) is 0 Å². The van der Waals surface area contributed by atoms with Gasteiger partial charge in [-0.25, -0.2) is 0 Å². The number of allylic oxidation sites excluding steroid dienone is 2. The van der Waals surface area contributed by atoms with E-state index in [0.717, 1.165) is 6.08 Å². The number of hydrogen-bond acceptors (Lipinski definition) is 4. The highest BCUT2D eigenvalue weighted by Gasteiger charge is 2.17. The first-order valence-corrected chi connectivity index (χ1v) is 2.70. The third-order valence-corrected chi connectivity index (χ3v) is 1.17. The van der Waals surface area contributed by atoms with Crippen molar-refractivity contribution < 1.29 is 14.8 Å². The number of nitrogens with zero attached hydrogens (tertiary/aromatic N) is 1. The lowest BCUT2D eigenvalue weighted by molar-refractivity contribution is -0.116. The largest absolute Gasteiger partial charge is 0.411 e. The summed E-state index contributed by atoms with van der Waals surface area (Å²) in [6.07, 6.45) is 2.18. The van der Waals surface area contributed by atoms with Crippen molar-refractivity contribution >= 4 is 17.3 Å². The second-order valence-corrected chi connectivity index (χ2v) is 1.89. The van der Waals surface area contributed by atoms with Gasteiger partial charge in [0.1, 0.15) is 5.71 Å². The van der Waals surface area contributed by atoms with E-state index in [9.17, 15) is 9.59 Å². The van der Waals surface area contributed by atoms with Crippen LogP contribution in [0.4, 0.5) is 0 Å². The molecule has 4 nitrogen and oxygen atoms in total. The minimum Gasteiger partial charge on any atom is -0.411 e. The topological polar surface area (TPSA) is 66.7 Å². The number of ketones is 2. The molecule has 4 heteroatoms. The number of carbonyl (C=O) groups is 2. The maximum Gasteiger partial charge on any atom is 0.203 e. The van der Waals surface area contributed by atoms with Crippen molar-refractivity contribution in [3.05, 3.63) is 12.2 Å². The molecule has 0 amide bonds. The highest BCUT2D eigenvalue weighted by atomic mass is 16.4. The van der Waals surface area contributed by atoms with E-state index in [2.05, 4.69) is 5.16 Å².